The van der Waals surface area contributed by atoms with Gasteiger partial charge in [-0.05, 0) is 30.5 Å². The largest absolute Gasteiger partial charge is 0.426 e. The Balaban J connectivity index is 2.20. The predicted octanol–water partition coefficient (Wildman–Crippen LogP) is 3.74. The molecule has 2 aromatic rings. The van der Waals surface area contributed by atoms with Gasteiger partial charge in [0.1, 0.15) is 5.75 Å². The van der Waals surface area contributed by atoms with E-state index < -0.39 is 0 Å². The number of fused-ring (bicyclic) bond motifs is 1. The molecular weight excluding hydrogens is 236 g/mol. The van der Waals surface area contributed by atoms with Crippen molar-refractivity contribution in [3.63, 3.8) is 0 Å². The molecule has 0 spiro atoms. The maximum absolute atomic E-state index is 11.9. The fourth-order valence-electron chi connectivity index (χ4n) is 2.77. The fraction of sp³-hybridized carbons (Fsp3) is 0.235. The standard InChI is InChI=1S/C17H16O2/c1-11-8-9-12(2)17-16(11)14(10-15(18)19-17)13-6-4-3-5-7-13/h3-9,14H,10H2,1-2H3. The number of esters is 1. The molecule has 1 heterocycles. The molecule has 19 heavy (non-hydrogen) atoms. The zero-order valence-corrected chi connectivity index (χ0v) is 11.1. The zero-order chi connectivity index (χ0) is 13.4. The molecule has 0 saturated carbocycles. The SMILES string of the molecule is Cc1ccc(C)c2c1OC(=O)CC2c1ccccc1. The van der Waals surface area contributed by atoms with Crippen molar-refractivity contribution in [2.24, 2.45) is 0 Å². The van der Waals surface area contributed by atoms with Gasteiger partial charge in [-0.1, -0.05) is 42.5 Å². The van der Waals surface area contributed by atoms with E-state index >= 15 is 0 Å². The van der Waals surface area contributed by atoms with Crippen LogP contribution in [0.5, 0.6) is 5.75 Å². The van der Waals surface area contributed by atoms with Crippen LogP contribution in [0.3, 0.4) is 0 Å². The average Bonchev–Trinajstić information content (AvgIpc) is 2.43. The second-order valence-corrected chi connectivity index (χ2v) is 5.08. The summed E-state index contributed by atoms with van der Waals surface area (Å²) in [6.07, 6.45) is 0.418. The Hall–Kier alpha value is -2.09. The molecule has 1 aliphatic rings. The minimum Gasteiger partial charge on any atom is -0.426 e. The third-order valence-corrected chi connectivity index (χ3v) is 3.75. The van der Waals surface area contributed by atoms with Gasteiger partial charge in [-0.15, -0.1) is 0 Å². The molecule has 0 radical (unpaired) electrons. The highest BCUT2D eigenvalue weighted by Gasteiger charge is 2.30. The van der Waals surface area contributed by atoms with Crippen molar-refractivity contribution in [2.45, 2.75) is 26.2 Å². The molecular formula is C17H16O2. The van der Waals surface area contributed by atoms with Crippen LogP contribution >= 0.6 is 0 Å². The molecule has 0 aliphatic carbocycles. The second kappa shape index (κ2) is 4.54. The van der Waals surface area contributed by atoms with Crippen LogP contribution in [0.25, 0.3) is 0 Å². The highest BCUT2D eigenvalue weighted by molar-refractivity contribution is 5.78. The molecule has 2 heteroatoms. The van der Waals surface area contributed by atoms with E-state index in [2.05, 4.69) is 25.1 Å². The zero-order valence-electron chi connectivity index (χ0n) is 11.1. The molecule has 0 amide bonds. The number of ether oxygens (including phenoxy) is 1. The number of carbonyl (C=O) groups excluding carboxylic acids is 1. The molecule has 0 fully saturated rings. The normalized spacial score (nSPS) is 17.8. The molecule has 0 saturated heterocycles. The highest BCUT2D eigenvalue weighted by Crippen LogP contribution is 2.42. The summed E-state index contributed by atoms with van der Waals surface area (Å²) in [6.45, 7) is 4.06. The molecule has 0 aromatic heterocycles. The summed E-state index contributed by atoms with van der Waals surface area (Å²) in [5.74, 6) is 0.720. The first-order valence-corrected chi connectivity index (χ1v) is 6.52. The third-order valence-electron chi connectivity index (χ3n) is 3.75. The van der Waals surface area contributed by atoms with E-state index in [0.717, 1.165) is 16.9 Å². The maximum Gasteiger partial charge on any atom is 0.312 e. The lowest BCUT2D eigenvalue weighted by atomic mass is 9.83. The fourth-order valence-corrected chi connectivity index (χ4v) is 2.77. The van der Waals surface area contributed by atoms with Crippen LogP contribution in [0, 0.1) is 13.8 Å². The Morgan fingerprint density at radius 2 is 1.68 bits per heavy atom. The van der Waals surface area contributed by atoms with Crippen LogP contribution in [0.1, 0.15) is 34.6 Å². The van der Waals surface area contributed by atoms with Gasteiger partial charge in [0.25, 0.3) is 0 Å². The number of carbonyl (C=O) groups is 1. The Kier molecular flexibility index (Phi) is 2.86. The van der Waals surface area contributed by atoms with Gasteiger partial charge in [0, 0.05) is 11.5 Å². The van der Waals surface area contributed by atoms with E-state index in [1.807, 2.05) is 31.2 Å². The first-order valence-electron chi connectivity index (χ1n) is 6.52. The molecule has 1 unspecified atom stereocenters. The van der Waals surface area contributed by atoms with Gasteiger partial charge in [0.15, 0.2) is 0 Å². The lowest BCUT2D eigenvalue weighted by molar-refractivity contribution is -0.135. The van der Waals surface area contributed by atoms with Gasteiger partial charge >= 0.3 is 5.97 Å². The minimum absolute atomic E-state index is 0.109. The van der Waals surface area contributed by atoms with E-state index in [1.165, 1.54) is 11.1 Å². The van der Waals surface area contributed by atoms with Crippen molar-refractivity contribution < 1.29 is 9.53 Å². The van der Waals surface area contributed by atoms with Crippen molar-refractivity contribution in [2.75, 3.05) is 0 Å². The van der Waals surface area contributed by atoms with Crippen LogP contribution in [-0.2, 0) is 4.79 Å². The van der Waals surface area contributed by atoms with Gasteiger partial charge in [-0.3, -0.25) is 4.79 Å². The summed E-state index contributed by atoms with van der Waals surface area (Å²) in [5.41, 5.74) is 4.54. The molecule has 0 N–H and O–H groups in total. The van der Waals surface area contributed by atoms with E-state index in [-0.39, 0.29) is 11.9 Å². The first-order chi connectivity index (χ1) is 9.16. The van der Waals surface area contributed by atoms with Gasteiger partial charge in [-0.25, -0.2) is 0 Å². The van der Waals surface area contributed by atoms with E-state index in [4.69, 9.17) is 4.74 Å². The molecule has 3 rings (SSSR count). The molecule has 2 nitrogen and oxygen atoms in total. The Bertz CT molecular complexity index is 629. The summed E-state index contributed by atoms with van der Waals surface area (Å²) < 4.78 is 5.46. The van der Waals surface area contributed by atoms with E-state index in [0.29, 0.717) is 6.42 Å². The summed E-state index contributed by atoms with van der Waals surface area (Å²) in [6, 6.07) is 14.3. The first kappa shape index (κ1) is 12.0. The van der Waals surface area contributed by atoms with Crippen LogP contribution in [-0.4, -0.2) is 5.97 Å². The van der Waals surface area contributed by atoms with Crippen molar-refractivity contribution in [1.82, 2.24) is 0 Å². The number of hydrogen-bond donors (Lipinski definition) is 0. The average molecular weight is 252 g/mol. The predicted molar refractivity (Wildman–Crippen MR) is 74.5 cm³/mol. The van der Waals surface area contributed by atoms with Crippen LogP contribution < -0.4 is 4.74 Å². The van der Waals surface area contributed by atoms with Crippen molar-refractivity contribution >= 4 is 5.97 Å². The molecule has 0 bridgehead atoms. The summed E-state index contributed by atoms with van der Waals surface area (Å²) in [4.78, 5) is 11.9. The third kappa shape index (κ3) is 2.03. The molecule has 1 aliphatic heterocycles. The van der Waals surface area contributed by atoms with Gasteiger partial charge in [0.05, 0.1) is 6.42 Å². The van der Waals surface area contributed by atoms with Crippen molar-refractivity contribution in [1.29, 1.82) is 0 Å². The molecule has 2 aromatic carbocycles. The Labute approximate surface area is 113 Å². The lowest BCUT2D eigenvalue weighted by Gasteiger charge is -2.27. The lowest BCUT2D eigenvalue weighted by Crippen LogP contribution is -2.22. The minimum atomic E-state index is -0.143. The van der Waals surface area contributed by atoms with Crippen molar-refractivity contribution in [3.05, 3.63) is 64.7 Å². The van der Waals surface area contributed by atoms with E-state index in [9.17, 15) is 4.79 Å². The van der Waals surface area contributed by atoms with Crippen LogP contribution in [0.4, 0.5) is 0 Å². The number of rotatable bonds is 1. The smallest absolute Gasteiger partial charge is 0.312 e. The Morgan fingerprint density at radius 3 is 2.42 bits per heavy atom. The number of benzene rings is 2. The van der Waals surface area contributed by atoms with Crippen LogP contribution in [0.15, 0.2) is 42.5 Å². The Morgan fingerprint density at radius 1 is 1.00 bits per heavy atom. The van der Waals surface area contributed by atoms with Crippen molar-refractivity contribution in [3.8, 4) is 5.75 Å². The summed E-state index contributed by atoms with van der Waals surface area (Å²) >= 11 is 0. The van der Waals surface area contributed by atoms with Gasteiger partial charge in [0.2, 0.25) is 0 Å². The topological polar surface area (TPSA) is 26.3 Å². The monoisotopic (exact) mass is 252 g/mol. The van der Waals surface area contributed by atoms with E-state index in [1.54, 1.807) is 0 Å². The number of aryl methyl sites for hydroxylation is 2. The van der Waals surface area contributed by atoms with Crippen LogP contribution in [0.2, 0.25) is 0 Å². The quantitative estimate of drug-likeness (QED) is 0.571. The molecule has 96 valence electrons. The summed E-state index contributed by atoms with van der Waals surface area (Å²) in [7, 11) is 0. The maximum atomic E-state index is 11.9. The van der Waals surface area contributed by atoms with Gasteiger partial charge in [-0.2, -0.15) is 0 Å². The summed E-state index contributed by atoms with van der Waals surface area (Å²) in [5, 5.41) is 0. The molecule has 1 atom stereocenters. The highest BCUT2D eigenvalue weighted by atomic mass is 16.5. The number of hydrogen-bond acceptors (Lipinski definition) is 2. The second-order valence-electron chi connectivity index (χ2n) is 5.08. The van der Waals surface area contributed by atoms with Gasteiger partial charge < -0.3 is 4.74 Å².